The van der Waals surface area contributed by atoms with E-state index >= 15 is 0 Å². The number of anilines is 1. The molecule has 0 unspecified atom stereocenters. The van der Waals surface area contributed by atoms with Gasteiger partial charge in [-0.25, -0.2) is 9.37 Å². The van der Waals surface area contributed by atoms with Crippen LogP contribution in [0.15, 0.2) is 48.8 Å². The summed E-state index contributed by atoms with van der Waals surface area (Å²) < 4.78 is 25.9. The van der Waals surface area contributed by atoms with Gasteiger partial charge < -0.3 is 14.8 Å². The highest BCUT2D eigenvalue weighted by Crippen LogP contribution is 2.26. The number of aromatic nitrogens is 3. The van der Waals surface area contributed by atoms with E-state index in [1.54, 1.807) is 23.9 Å². The van der Waals surface area contributed by atoms with Gasteiger partial charge in [-0.1, -0.05) is 12.1 Å². The van der Waals surface area contributed by atoms with Crippen LogP contribution >= 0.6 is 0 Å². The van der Waals surface area contributed by atoms with Gasteiger partial charge in [-0.05, 0) is 29.8 Å². The zero-order valence-corrected chi connectivity index (χ0v) is 14.1. The van der Waals surface area contributed by atoms with Crippen LogP contribution in [0.5, 0.6) is 11.5 Å². The third-order valence-corrected chi connectivity index (χ3v) is 3.71. The Labute approximate surface area is 145 Å². The highest BCUT2D eigenvalue weighted by Gasteiger charge is 2.07. The first-order valence-corrected chi connectivity index (χ1v) is 7.78. The van der Waals surface area contributed by atoms with Gasteiger partial charge in [0.2, 0.25) is 0 Å². The number of methoxy groups -OCH3 is 1. The Balaban J connectivity index is 1.69. The number of benzene rings is 2. The predicted octanol–water partition coefficient (Wildman–Crippen LogP) is 3.15. The summed E-state index contributed by atoms with van der Waals surface area (Å²) in [4.78, 5) is 4.18. The first kappa shape index (κ1) is 16.8. The third kappa shape index (κ3) is 4.26. The van der Waals surface area contributed by atoms with Crippen molar-refractivity contribution in [1.29, 1.82) is 0 Å². The zero-order valence-electron chi connectivity index (χ0n) is 14.1. The molecule has 0 aliphatic carbocycles. The van der Waals surface area contributed by atoms with E-state index in [2.05, 4.69) is 15.4 Å². The van der Waals surface area contributed by atoms with Crippen LogP contribution in [-0.2, 0) is 20.2 Å². The lowest BCUT2D eigenvalue weighted by Crippen LogP contribution is -2.08. The maximum Gasteiger partial charge on any atom is 0.145 e. The van der Waals surface area contributed by atoms with Gasteiger partial charge in [-0.15, -0.1) is 0 Å². The molecule has 1 aromatic heterocycles. The molecule has 0 aliphatic rings. The van der Waals surface area contributed by atoms with Gasteiger partial charge >= 0.3 is 0 Å². The second-order valence-corrected chi connectivity index (χ2v) is 5.43. The highest BCUT2D eigenvalue weighted by atomic mass is 19.1. The molecule has 0 atom stereocenters. The number of nitrogens with one attached hydrogen (secondary N) is 1. The Hall–Kier alpha value is -3.09. The van der Waals surface area contributed by atoms with Crippen LogP contribution in [0.4, 0.5) is 10.1 Å². The van der Waals surface area contributed by atoms with Gasteiger partial charge in [0.05, 0.1) is 19.3 Å². The maximum absolute atomic E-state index is 13.2. The van der Waals surface area contributed by atoms with Gasteiger partial charge in [0.25, 0.3) is 0 Å². The van der Waals surface area contributed by atoms with Gasteiger partial charge in [-0.3, -0.25) is 4.68 Å². The van der Waals surface area contributed by atoms with Crippen molar-refractivity contribution < 1.29 is 13.9 Å². The number of aryl methyl sites for hydroxylation is 1. The number of hydrogen-bond acceptors (Lipinski definition) is 5. The van der Waals surface area contributed by atoms with Crippen molar-refractivity contribution in [3.8, 4) is 11.5 Å². The fourth-order valence-electron chi connectivity index (χ4n) is 2.36. The van der Waals surface area contributed by atoms with Crippen molar-refractivity contribution in [2.75, 3.05) is 12.4 Å². The van der Waals surface area contributed by atoms with E-state index in [4.69, 9.17) is 9.47 Å². The predicted molar refractivity (Wildman–Crippen MR) is 92.1 cm³/mol. The lowest BCUT2D eigenvalue weighted by molar-refractivity contribution is 0.304. The lowest BCUT2D eigenvalue weighted by Gasteiger charge is -2.13. The molecule has 0 saturated heterocycles. The molecule has 1 heterocycles. The Morgan fingerprint density at radius 3 is 2.80 bits per heavy atom. The van der Waals surface area contributed by atoms with E-state index in [0.717, 1.165) is 22.8 Å². The SMILES string of the molecule is COc1ccc(COc2cccc(F)c2)cc1NCc1ncnn1C. The number of hydrogen-bond donors (Lipinski definition) is 1. The summed E-state index contributed by atoms with van der Waals surface area (Å²) in [7, 11) is 3.45. The summed E-state index contributed by atoms with van der Waals surface area (Å²) >= 11 is 0. The number of rotatable bonds is 7. The van der Waals surface area contributed by atoms with Crippen molar-refractivity contribution >= 4 is 5.69 Å². The molecule has 0 amide bonds. The van der Waals surface area contributed by atoms with Gasteiger partial charge in [0, 0.05) is 13.1 Å². The monoisotopic (exact) mass is 342 g/mol. The summed E-state index contributed by atoms with van der Waals surface area (Å²) in [6.07, 6.45) is 1.51. The second kappa shape index (κ2) is 7.65. The normalized spacial score (nSPS) is 10.5. The van der Waals surface area contributed by atoms with E-state index in [0.29, 0.717) is 18.9 Å². The van der Waals surface area contributed by atoms with Gasteiger partial charge in [0.1, 0.15) is 36.1 Å². The smallest absolute Gasteiger partial charge is 0.145 e. The second-order valence-electron chi connectivity index (χ2n) is 5.43. The molecule has 0 saturated carbocycles. The van der Waals surface area contributed by atoms with Crippen molar-refractivity contribution in [3.05, 3.63) is 66.0 Å². The van der Waals surface area contributed by atoms with Gasteiger partial charge in [0.15, 0.2) is 0 Å². The average Bonchev–Trinajstić information content (AvgIpc) is 3.03. The molecule has 0 fully saturated rings. The van der Waals surface area contributed by atoms with Crippen LogP contribution in [0, 0.1) is 5.82 Å². The molecule has 25 heavy (non-hydrogen) atoms. The van der Waals surface area contributed by atoms with E-state index in [1.165, 1.54) is 18.5 Å². The highest BCUT2D eigenvalue weighted by molar-refractivity contribution is 5.58. The molecule has 0 spiro atoms. The zero-order chi connectivity index (χ0) is 17.6. The molecule has 0 aliphatic heterocycles. The quantitative estimate of drug-likeness (QED) is 0.715. The van der Waals surface area contributed by atoms with Crippen molar-refractivity contribution in [3.63, 3.8) is 0 Å². The summed E-state index contributed by atoms with van der Waals surface area (Å²) in [5.41, 5.74) is 1.76. The third-order valence-electron chi connectivity index (χ3n) is 3.71. The minimum atomic E-state index is -0.321. The number of halogens is 1. The molecule has 7 heteroatoms. The average molecular weight is 342 g/mol. The van der Waals surface area contributed by atoms with Crippen LogP contribution in [0.25, 0.3) is 0 Å². The summed E-state index contributed by atoms with van der Waals surface area (Å²) in [5, 5.41) is 7.33. The van der Waals surface area contributed by atoms with E-state index in [-0.39, 0.29) is 5.82 Å². The Morgan fingerprint density at radius 1 is 1.20 bits per heavy atom. The molecule has 1 N–H and O–H groups in total. The first-order valence-electron chi connectivity index (χ1n) is 7.78. The van der Waals surface area contributed by atoms with Crippen LogP contribution in [0.2, 0.25) is 0 Å². The van der Waals surface area contributed by atoms with E-state index in [9.17, 15) is 4.39 Å². The molecular formula is C18H19FN4O2. The van der Waals surface area contributed by atoms with Crippen molar-refractivity contribution in [2.24, 2.45) is 7.05 Å². The first-order chi connectivity index (χ1) is 12.2. The number of nitrogens with zero attached hydrogens (tertiary/aromatic N) is 3. The Kier molecular flexibility index (Phi) is 5.13. The van der Waals surface area contributed by atoms with Crippen LogP contribution in [0.3, 0.4) is 0 Å². The van der Waals surface area contributed by atoms with Gasteiger partial charge in [-0.2, -0.15) is 5.10 Å². The standard InChI is InChI=1S/C18H19FN4O2/c1-23-18(21-12-22-23)10-20-16-8-13(6-7-17(16)24-2)11-25-15-5-3-4-14(19)9-15/h3-9,12,20H,10-11H2,1-2H3. The molecular weight excluding hydrogens is 323 g/mol. The molecule has 6 nitrogen and oxygen atoms in total. The van der Waals surface area contributed by atoms with Crippen molar-refractivity contribution in [1.82, 2.24) is 14.8 Å². The molecule has 3 rings (SSSR count). The minimum Gasteiger partial charge on any atom is -0.495 e. The minimum absolute atomic E-state index is 0.321. The van der Waals surface area contributed by atoms with E-state index < -0.39 is 0 Å². The summed E-state index contributed by atoms with van der Waals surface area (Å²) in [6, 6.07) is 11.8. The fraction of sp³-hybridized carbons (Fsp3) is 0.222. The lowest BCUT2D eigenvalue weighted by atomic mass is 10.2. The maximum atomic E-state index is 13.2. The summed E-state index contributed by atoms with van der Waals surface area (Å²) in [5.74, 6) is 1.70. The Bertz CT molecular complexity index is 851. The molecule has 130 valence electrons. The van der Waals surface area contributed by atoms with Crippen LogP contribution in [-0.4, -0.2) is 21.9 Å². The van der Waals surface area contributed by atoms with Crippen molar-refractivity contribution in [2.45, 2.75) is 13.2 Å². The fourth-order valence-corrected chi connectivity index (χ4v) is 2.36. The molecule has 0 bridgehead atoms. The van der Waals surface area contributed by atoms with Crippen LogP contribution in [0.1, 0.15) is 11.4 Å². The largest absolute Gasteiger partial charge is 0.495 e. The van der Waals surface area contributed by atoms with E-state index in [1.807, 2.05) is 25.2 Å². The Morgan fingerprint density at radius 2 is 2.08 bits per heavy atom. The topological polar surface area (TPSA) is 61.2 Å². The summed E-state index contributed by atoms with van der Waals surface area (Å²) in [6.45, 7) is 0.840. The molecule has 3 aromatic rings. The molecule has 2 aromatic carbocycles. The molecule has 0 radical (unpaired) electrons. The van der Waals surface area contributed by atoms with Crippen LogP contribution < -0.4 is 14.8 Å². The number of ether oxygens (including phenoxy) is 2.